The highest BCUT2D eigenvalue weighted by atomic mass is 79.9. The highest BCUT2D eigenvalue weighted by Gasteiger charge is 2.08. The van der Waals surface area contributed by atoms with Crippen molar-refractivity contribution in [3.8, 4) is 11.8 Å². The molecule has 2 N–H and O–H groups in total. The zero-order valence-electron chi connectivity index (χ0n) is 12.7. The molecule has 8 nitrogen and oxygen atoms in total. The van der Waals surface area contributed by atoms with Crippen molar-refractivity contribution in [2.75, 3.05) is 32.6 Å². The number of benzene rings is 1. The first-order chi connectivity index (χ1) is 11.1. The van der Waals surface area contributed by atoms with E-state index in [4.69, 9.17) is 10.00 Å². The number of rotatable bonds is 7. The summed E-state index contributed by atoms with van der Waals surface area (Å²) in [5, 5.41) is 25.5. The van der Waals surface area contributed by atoms with Gasteiger partial charge in [0.2, 0.25) is 5.82 Å². The summed E-state index contributed by atoms with van der Waals surface area (Å²) in [6, 6.07) is 7.63. The van der Waals surface area contributed by atoms with Gasteiger partial charge in [-0.15, -0.1) is 10.2 Å². The highest BCUT2D eigenvalue weighted by Crippen LogP contribution is 2.28. The van der Waals surface area contributed by atoms with Gasteiger partial charge in [0, 0.05) is 17.2 Å². The number of H-pyrrole nitrogens is 1. The van der Waals surface area contributed by atoms with Gasteiger partial charge in [0.15, 0.2) is 0 Å². The molecule has 0 aliphatic carbocycles. The lowest BCUT2D eigenvalue weighted by atomic mass is 10.2. The van der Waals surface area contributed by atoms with Crippen molar-refractivity contribution in [1.82, 2.24) is 25.5 Å². The number of tetrazole rings is 1. The number of hydrogen-bond donors (Lipinski definition) is 2. The minimum absolute atomic E-state index is 0.229. The molecule has 1 heterocycles. The maximum Gasteiger partial charge on any atom is 0.216 e. The SMILES string of the molecule is CN(C)CCOc1cc(Br)ccc1NC=C(C#N)c1nn[nH]n1. The Morgan fingerprint density at radius 2 is 2.35 bits per heavy atom. The van der Waals surface area contributed by atoms with Crippen molar-refractivity contribution >= 4 is 27.2 Å². The number of nitrogens with one attached hydrogen (secondary N) is 2. The number of likely N-dealkylation sites (N-methyl/N-ethyl adjacent to an activating group) is 1. The van der Waals surface area contributed by atoms with Crippen molar-refractivity contribution in [2.24, 2.45) is 0 Å². The minimum atomic E-state index is 0.229. The Labute approximate surface area is 142 Å². The topological polar surface area (TPSA) is 103 Å². The normalized spacial score (nSPS) is 11.3. The first-order valence-corrected chi connectivity index (χ1v) is 7.57. The van der Waals surface area contributed by atoms with Crippen LogP contribution in [0, 0.1) is 11.3 Å². The largest absolute Gasteiger partial charge is 0.490 e. The number of aromatic amines is 1. The molecule has 0 aliphatic rings. The maximum absolute atomic E-state index is 9.17. The average Bonchev–Trinajstić information content (AvgIpc) is 3.03. The van der Waals surface area contributed by atoms with E-state index in [1.54, 1.807) is 0 Å². The van der Waals surface area contributed by atoms with E-state index in [1.807, 2.05) is 43.3 Å². The van der Waals surface area contributed by atoms with Gasteiger partial charge >= 0.3 is 0 Å². The quantitative estimate of drug-likeness (QED) is 0.709. The van der Waals surface area contributed by atoms with Crippen molar-refractivity contribution in [2.45, 2.75) is 0 Å². The van der Waals surface area contributed by atoms with E-state index in [-0.39, 0.29) is 11.4 Å². The number of hydrogen-bond acceptors (Lipinski definition) is 7. The summed E-state index contributed by atoms with van der Waals surface area (Å²) in [7, 11) is 3.96. The number of nitrogens with zero attached hydrogens (tertiary/aromatic N) is 5. The van der Waals surface area contributed by atoms with Crippen LogP contribution in [0.1, 0.15) is 5.82 Å². The van der Waals surface area contributed by atoms with E-state index in [0.29, 0.717) is 12.4 Å². The zero-order valence-corrected chi connectivity index (χ0v) is 14.3. The monoisotopic (exact) mass is 377 g/mol. The average molecular weight is 378 g/mol. The van der Waals surface area contributed by atoms with Gasteiger partial charge in [-0.25, -0.2) is 0 Å². The number of ether oxygens (including phenoxy) is 1. The summed E-state index contributed by atoms with van der Waals surface area (Å²) >= 11 is 3.42. The molecule has 0 radical (unpaired) electrons. The molecule has 120 valence electrons. The summed E-state index contributed by atoms with van der Waals surface area (Å²) in [5.74, 6) is 0.912. The van der Waals surface area contributed by atoms with Crippen LogP contribution < -0.4 is 10.1 Å². The summed E-state index contributed by atoms with van der Waals surface area (Å²) in [4.78, 5) is 2.04. The molecule has 0 aliphatic heterocycles. The van der Waals surface area contributed by atoms with Crippen LogP contribution in [-0.2, 0) is 0 Å². The molecular formula is C14H16BrN7O. The second-order valence-corrected chi connectivity index (χ2v) is 5.76. The van der Waals surface area contributed by atoms with Crippen LogP contribution in [0.2, 0.25) is 0 Å². The number of aromatic nitrogens is 4. The third-order valence-corrected chi connectivity index (χ3v) is 3.31. The van der Waals surface area contributed by atoms with Gasteiger partial charge < -0.3 is 15.0 Å². The second kappa shape index (κ2) is 8.26. The van der Waals surface area contributed by atoms with Gasteiger partial charge in [0.25, 0.3) is 0 Å². The zero-order chi connectivity index (χ0) is 16.7. The molecule has 0 unspecified atom stereocenters. The Bertz CT molecular complexity index is 706. The van der Waals surface area contributed by atoms with Crippen LogP contribution in [0.3, 0.4) is 0 Å². The molecule has 1 aromatic carbocycles. The van der Waals surface area contributed by atoms with Crippen LogP contribution in [0.5, 0.6) is 5.75 Å². The molecule has 23 heavy (non-hydrogen) atoms. The predicted octanol–water partition coefficient (Wildman–Crippen LogP) is 1.88. The first kappa shape index (κ1) is 16.9. The molecule has 0 amide bonds. The molecule has 0 bridgehead atoms. The third-order valence-electron chi connectivity index (χ3n) is 2.82. The van der Waals surface area contributed by atoms with Crippen molar-refractivity contribution in [1.29, 1.82) is 5.26 Å². The summed E-state index contributed by atoms with van der Waals surface area (Å²) in [6.45, 7) is 1.35. The fourth-order valence-corrected chi connectivity index (χ4v) is 1.99. The fourth-order valence-electron chi connectivity index (χ4n) is 1.65. The van der Waals surface area contributed by atoms with Crippen LogP contribution >= 0.6 is 15.9 Å². The smallest absolute Gasteiger partial charge is 0.216 e. The predicted molar refractivity (Wildman–Crippen MR) is 89.6 cm³/mol. The number of nitriles is 1. The van der Waals surface area contributed by atoms with Gasteiger partial charge in [-0.2, -0.15) is 10.5 Å². The van der Waals surface area contributed by atoms with Gasteiger partial charge in [0.05, 0.1) is 5.69 Å². The van der Waals surface area contributed by atoms with Crippen LogP contribution in [0.4, 0.5) is 5.69 Å². The lowest BCUT2D eigenvalue weighted by Gasteiger charge is -2.14. The summed E-state index contributed by atoms with van der Waals surface area (Å²) < 4.78 is 6.70. The molecule has 1 aromatic heterocycles. The van der Waals surface area contributed by atoms with E-state index >= 15 is 0 Å². The molecule has 2 aromatic rings. The number of allylic oxidation sites excluding steroid dienone is 1. The Balaban J connectivity index is 2.14. The number of anilines is 1. The Hall–Kier alpha value is -2.44. The van der Waals surface area contributed by atoms with Crippen molar-refractivity contribution in [3.05, 3.63) is 34.7 Å². The molecule has 9 heteroatoms. The van der Waals surface area contributed by atoms with E-state index in [1.165, 1.54) is 6.20 Å². The standard InChI is InChI=1S/C14H16BrN7O/c1-22(2)5-6-23-13-7-11(15)3-4-12(13)17-9-10(8-16)14-18-20-21-19-14/h3-4,7,9,17H,5-6H2,1-2H3,(H,18,19,20,21). The van der Waals surface area contributed by atoms with Gasteiger partial charge in [-0.05, 0) is 37.5 Å². The maximum atomic E-state index is 9.17. The highest BCUT2D eigenvalue weighted by molar-refractivity contribution is 9.10. The first-order valence-electron chi connectivity index (χ1n) is 6.78. The minimum Gasteiger partial charge on any atom is -0.490 e. The Morgan fingerprint density at radius 3 is 3.00 bits per heavy atom. The lowest BCUT2D eigenvalue weighted by Crippen LogP contribution is -2.19. The third kappa shape index (κ3) is 5.05. The molecule has 0 atom stereocenters. The molecule has 0 fully saturated rings. The van der Waals surface area contributed by atoms with Gasteiger partial charge in [-0.1, -0.05) is 15.9 Å². The van der Waals surface area contributed by atoms with Gasteiger partial charge in [-0.3, -0.25) is 0 Å². The van der Waals surface area contributed by atoms with Gasteiger partial charge in [0.1, 0.15) is 24.0 Å². The second-order valence-electron chi connectivity index (χ2n) is 4.84. The molecule has 0 saturated heterocycles. The van der Waals surface area contributed by atoms with Crippen molar-refractivity contribution in [3.63, 3.8) is 0 Å². The summed E-state index contributed by atoms with van der Waals surface area (Å²) in [6.07, 6.45) is 1.52. The van der Waals surface area contributed by atoms with E-state index in [0.717, 1.165) is 16.7 Å². The molecule has 0 spiro atoms. The Morgan fingerprint density at radius 1 is 1.52 bits per heavy atom. The van der Waals surface area contributed by atoms with Crippen LogP contribution in [0.25, 0.3) is 5.57 Å². The van der Waals surface area contributed by atoms with Crippen LogP contribution in [0.15, 0.2) is 28.9 Å². The van der Waals surface area contributed by atoms with E-state index < -0.39 is 0 Å². The fraction of sp³-hybridized carbons (Fsp3) is 0.286. The van der Waals surface area contributed by atoms with Crippen LogP contribution in [-0.4, -0.2) is 52.8 Å². The van der Waals surface area contributed by atoms with Crippen molar-refractivity contribution < 1.29 is 4.74 Å². The molecular weight excluding hydrogens is 362 g/mol. The summed E-state index contributed by atoms with van der Waals surface area (Å²) in [5.41, 5.74) is 1.00. The van der Waals surface area contributed by atoms with E-state index in [2.05, 4.69) is 41.9 Å². The molecule has 0 saturated carbocycles. The van der Waals surface area contributed by atoms with E-state index in [9.17, 15) is 0 Å². The lowest BCUT2D eigenvalue weighted by molar-refractivity contribution is 0.262. The Kier molecular flexibility index (Phi) is 6.08. The number of halogens is 1. The molecule has 2 rings (SSSR count).